The third kappa shape index (κ3) is 7.69. The lowest BCUT2D eigenvalue weighted by atomic mass is 9.43. The molecule has 2 radical (unpaired) electrons. The van der Waals surface area contributed by atoms with E-state index in [4.69, 9.17) is 18.9 Å². The molecular formula is C52H66O4. The first-order valence-electron chi connectivity index (χ1n) is 21.5. The topological polar surface area (TPSA) is 36.9 Å². The highest BCUT2D eigenvalue weighted by atomic mass is 16.5. The molecule has 0 unspecified atom stereocenters. The standard InChI is InChI=1S/C52H66O4/c1-7-31-53-43-29-30-50(5)42(35-43)36-47(54-32-8-2)49-45-28-27-44(51(45,6)48(37-46(49)50)55-33-9-3)38(4)20-19-34-56-52(39-21-13-10-14-22-39,40-23-15-11-16-24-40)41-25-17-12-18-26-41/h7-18,21-26,38,43-48H,1-3,19-20,27-37H2,4-6H3/t38-,43+,44-,45+,46+,47-,48+,50+,51-/m1/s1. The average Bonchev–Trinajstić information content (AvgIpc) is 3.60. The van der Waals surface area contributed by atoms with Crippen LogP contribution < -0.4 is 0 Å². The summed E-state index contributed by atoms with van der Waals surface area (Å²) in [7, 11) is 0. The molecule has 3 aromatic rings. The second-order valence-electron chi connectivity index (χ2n) is 17.6. The van der Waals surface area contributed by atoms with Crippen molar-refractivity contribution in [2.45, 2.75) is 102 Å². The Morgan fingerprint density at radius 3 is 1.88 bits per heavy atom. The summed E-state index contributed by atoms with van der Waals surface area (Å²) in [5.41, 5.74) is 2.92. The highest BCUT2D eigenvalue weighted by molar-refractivity contribution is 5.47. The Kier molecular flexibility index (Phi) is 13.2. The SMILES string of the molecule is C=CCO[C@H]1CC[C@@]2(C)[C](C1)C[C@@H](OCC=C)[C]1[C@@H]3CC[C@H]([C@H](C)CCCOC(c4ccccc4)(c4ccccc4)c4ccccc4)[C@@]3(C)[C@@H](OCC=C)C[C@@H]12. The molecule has 0 aliphatic heterocycles. The van der Waals surface area contributed by atoms with Gasteiger partial charge in [-0.05, 0) is 109 Å². The zero-order valence-electron chi connectivity index (χ0n) is 34.4. The summed E-state index contributed by atoms with van der Waals surface area (Å²) in [4.78, 5) is 0. The largest absolute Gasteiger partial charge is 0.374 e. The first kappa shape index (κ1) is 40.9. The van der Waals surface area contributed by atoms with Gasteiger partial charge in [-0.2, -0.15) is 0 Å². The number of benzene rings is 3. The second kappa shape index (κ2) is 18.1. The number of fused-ring (bicyclic) bond motifs is 5. The Labute approximate surface area is 338 Å². The van der Waals surface area contributed by atoms with Gasteiger partial charge >= 0.3 is 0 Å². The van der Waals surface area contributed by atoms with Gasteiger partial charge in [-0.25, -0.2) is 0 Å². The van der Waals surface area contributed by atoms with Gasteiger partial charge in [-0.3, -0.25) is 0 Å². The third-order valence-electron chi connectivity index (χ3n) is 14.7. The zero-order valence-corrected chi connectivity index (χ0v) is 34.4. The summed E-state index contributed by atoms with van der Waals surface area (Å²) < 4.78 is 27.2. The minimum atomic E-state index is -0.694. The monoisotopic (exact) mass is 754 g/mol. The molecule has 9 atom stereocenters. The summed E-state index contributed by atoms with van der Waals surface area (Å²) in [6.45, 7) is 22.1. The molecule has 0 N–H and O–H groups in total. The summed E-state index contributed by atoms with van der Waals surface area (Å²) in [5.74, 6) is 5.28. The molecule has 7 rings (SSSR count). The van der Waals surface area contributed by atoms with Crippen molar-refractivity contribution in [1.82, 2.24) is 0 Å². The molecule has 0 saturated heterocycles. The van der Waals surface area contributed by atoms with Crippen LogP contribution in [0.3, 0.4) is 0 Å². The van der Waals surface area contributed by atoms with Crippen molar-refractivity contribution >= 4 is 0 Å². The van der Waals surface area contributed by atoms with Crippen LogP contribution in [-0.2, 0) is 24.5 Å². The summed E-state index contributed by atoms with van der Waals surface area (Å²) in [6, 6.07) is 32.3. The van der Waals surface area contributed by atoms with Gasteiger partial charge in [0.2, 0.25) is 0 Å². The minimum absolute atomic E-state index is 0.0188. The van der Waals surface area contributed by atoms with Crippen molar-refractivity contribution < 1.29 is 18.9 Å². The van der Waals surface area contributed by atoms with E-state index in [0.29, 0.717) is 50.1 Å². The molecule has 298 valence electrons. The lowest BCUT2D eigenvalue weighted by Gasteiger charge is -2.64. The van der Waals surface area contributed by atoms with Crippen LogP contribution in [0.4, 0.5) is 0 Å². The van der Waals surface area contributed by atoms with Crippen LogP contribution in [0.5, 0.6) is 0 Å². The van der Waals surface area contributed by atoms with Gasteiger partial charge in [0.05, 0.1) is 38.1 Å². The third-order valence-corrected chi connectivity index (χ3v) is 14.7. The smallest absolute Gasteiger partial charge is 0.143 e. The fourth-order valence-corrected chi connectivity index (χ4v) is 12.1. The fraction of sp³-hybridized carbons (Fsp3) is 0.500. The highest BCUT2D eigenvalue weighted by Gasteiger charge is 2.67. The van der Waals surface area contributed by atoms with E-state index in [0.717, 1.165) is 61.6 Å². The molecule has 4 fully saturated rings. The molecule has 4 nitrogen and oxygen atoms in total. The maximum absolute atomic E-state index is 7.24. The molecule has 0 heterocycles. The maximum atomic E-state index is 7.24. The second-order valence-corrected chi connectivity index (χ2v) is 17.6. The van der Waals surface area contributed by atoms with Crippen molar-refractivity contribution in [3.05, 3.63) is 157 Å². The molecular weight excluding hydrogens is 689 g/mol. The van der Waals surface area contributed by atoms with E-state index in [-0.39, 0.29) is 29.1 Å². The van der Waals surface area contributed by atoms with Crippen molar-refractivity contribution in [2.75, 3.05) is 26.4 Å². The molecule has 4 aliphatic rings. The van der Waals surface area contributed by atoms with Gasteiger partial charge in [0.25, 0.3) is 0 Å². The van der Waals surface area contributed by atoms with Crippen LogP contribution in [0.25, 0.3) is 0 Å². The van der Waals surface area contributed by atoms with Crippen LogP contribution in [0.2, 0.25) is 0 Å². The average molecular weight is 755 g/mol. The van der Waals surface area contributed by atoms with Crippen LogP contribution in [0, 0.1) is 46.3 Å². The lowest BCUT2D eigenvalue weighted by molar-refractivity contribution is -0.147. The minimum Gasteiger partial charge on any atom is -0.374 e. The van der Waals surface area contributed by atoms with E-state index >= 15 is 0 Å². The van der Waals surface area contributed by atoms with E-state index < -0.39 is 5.60 Å². The van der Waals surface area contributed by atoms with Crippen molar-refractivity contribution in [2.24, 2.45) is 34.5 Å². The Bertz CT molecular complexity index is 1610. The highest BCUT2D eigenvalue weighted by Crippen LogP contribution is 2.70. The Morgan fingerprint density at radius 2 is 1.29 bits per heavy atom. The first-order chi connectivity index (χ1) is 27.3. The molecule has 0 aromatic heterocycles. The van der Waals surface area contributed by atoms with E-state index in [1.54, 1.807) is 11.8 Å². The first-order valence-corrected chi connectivity index (χ1v) is 21.5. The molecule has 56 heavy (non-hydrogen) atoms. The summed E-state index contributed by atoms with van der Waals surface area (Å²) in [5, 5.41) is 0. The van der Waals surface area contributed by atoms with Gasteiger partial charge < -0.3 is 18.9 Å². The normalized spacial score (nSPS) is 31.1. The number of ether oxygens (including phenoxy) is 4. The van der Waals surface area contributed by atoms with E-state index in [9.17, 15) is 0 Å². The zero-order chi connectivity index (χ0) is 39.2. The number of hydrogen-bond acceptors (Lipinski definition) is 4. The van der Waals surface area contributed by atoms with Crippen molar-refractivity contribution in [1.29, 1.82) is 0 Å². The molecule has 4 saturated carbocycles. The van der Waals surface area contributed by atoms with Gasteiger partial charge in [0.15, 0.2) is 0 Å². The number of rotatable bonds is 18. The van der Waals surface area contributed by atoms with E-state index in [1.165, 1.54) is 12.8 Å². The quantitative estimate of drug-likeness (QED) is 0.0736. The lowest BCUT2D eigenvalue weighted by Crippen LogP contribution is -2.62. The van der Waals surface area contributed by atoms with E-state index in [1.807, 2.05) is 18.2 Å². The summed E-state index contributed by atoms with van der Waals surface area (Å²) in [6.07, 6.45) is 16.1. The predicted molar refractivity (Wildman–Crippen MR) is 229 cm³/mol. The molecule has 4 heteroatoms. The Morgan fingerprint density at radius 1 is 0.714 bits per heavy atom. The van der Waals surface area contributed by atoms with Crippen LogP contribution in [0.15, 0.2) is 129 Å². The van der Waals surface area contributed by atoms with Gasteiger partial charge in [0, 0.05) is 17.9 Å². The Hall–Kier alpha value is -3.28. The maximum Gasteiger partial charge on any atom is 0.143 e. The van der Waals surface area contributed by atoms with E-state index in [2.05, 4.69) is 132 Å². The molecule has 3 aromatic carbocycles. The van der Waals surface area contributed by atoms with Crippen LogP contribution >= 0.6 is 0 Å². The van der Waals surface area contributed by atoms with Crippen molar-refractivity contribution in [3.63, 3.8) is 0 Å². The molecule has 0 spiro atoms. The number of hydrogen-bond donors (Lipinski definition) is 0. The molecule has 4 aliphatic carbocycles. The van der Waals surface area contributed by atoms with Gasteiger partial charge in [0.1, 0.15) is 5.60 Å². The Balaban J connectivity index is 1.12. The predicted octanol–water partition coefficient (Wildman–Crippen LogP) is 11.9. The van der Waals surface area contributed by atoms with Crippen LogP contribution in [-0.4, -0.2) is 44.7 Å². The fourth-order valence-electron chi connectivity index (χ4n) is 12.1. The molecule has 0 amide bonds. The van der Waals surface area contributed by atoms with Crippen LogP contribution in [0.1, 0.15) is 95.2 Å². The summed E-state index contributed by atoms with van der Waals surface area (Å²) >= 11 is 0. The van der Waals surface area contributed by atoms with Gasteiger partial charge in [-0.15, -0.1) is 19.7 Å². The van der Waals surface area contributed by atoms with Gasteiger partial charge in [-0.1, -0.05) is 130 Å². The van der Waals surface area contributed by atoms with Crippen molar-refractivity contribution in [3.8, 4) is 0 Å². The molecule has 0 bridgehead atoms.